The molecule has 0 aromatic heterocycles. The van der Waals surface area contributed by atoms with Crippen LogP contribution in [0.25, 0.3) is 0 Å². The Morgan fingerprint density at radius 2 is 2.00 bits per heavy atom. The van der Waals surface area contributed by atoms with Gasteiger partial charge in [0.2, 0.25) is 0 Å². The average Bonchev–Trinajstić information content (AvgIpc) is 2.29. The van der Waals surface area contributed by atoms with E-state index >= 15 is 0 Å². The zero-order valence-corrected chi connectivity index (χ0v) is 12.1. The molecule has 1 fully saturated rings. The van der Waals surface area contributed by atoms with E-state index in [0.717, 1.165) is 41.6 Å². The molecule has 1 aromatic carbocycles. The van der Waals surface area contributed by atoms with E-state index < -0.39 is 0 Å². The van der Waals surface area contributed by atoms with Gasteiger partial charge in [-0.05, 0) is 23.8 Å². The molecule has 1 aliphatic rings. The van der Waals surface area contributed by atoms with Gasteiger partial charge >= 0.3 is 0 Å². The van der Waals surface area contributed by atoms with Gasteiger partial charge in [-0.3, -0.25) is 0 Å². The highest BCUT2D eigenvalue weighted by Crippen LogP contribution is 2.25. The number of benzene rings is 1. The van der Waals surface area contributed by atoms with Crippen molar-refractivity contribution in [2.45, 2.75) is 24.3 Å². The first-order valence-corrected chi connectivity index (χ1v) is 7.29. The van der Waals surface area contributed by atoms with Gasteiger partial charge in [0, 0.05) is 22.6 Å². The number of hydrogen-bond donors (Lipinski definition) is 0. The molecule has 0 unspecified atom stereocenters. The van der Waals surface area contributed by atoms with E-state index in [9.17, 15) is 0 Å². The molecule has 1 heterocycles. The summed E-state index contributed by atoms with van der Waals surface area (Å²) in [6.45, 7) is 1.62. The summed E-state index contributed by atoms with van der Waals surface area (Å²) in [5, 5.41) is 0.844. The van der Waals surface area contributed by atoms with E-state index in [-0.39, 0.29) is 0 Å². The molecule has 0 bridgehead atoms. The van der Waals surface area contributed by atoms with Crippen molar-refractivity contribution >= 4 is 31.9 Å². The van der Waals surface area contributed by atoms with Crippen molar-refractivity contribution < 1.29 is 9.47 Å². The third kappa shape index (κ3) is 3.47. The topological polar surface area (TPSA) is 18.5 Å². The minimum Gasteiger partial charge on any atom is -0.490 e. The third-order valence-corrected chi connectivity index (χ3v) is 3.66. The molecular formula is C12H14Br2O2. The summed E-state index contributed by atoms with van der Waals surface area (Å²) in [5.74, 6) is 0.940. The van der Waals surface area contributed by atoms with Crippen LogP contribution in [-0.4, -0.2) is 19.3 Å². The van der Waals surface area contributed by atoms with Crippen molar-refractivity contribution in [3.05, 3.63) is 28.2 Å². The first-order valence-electron chi connectivity index (χ1n) is 5.38. The van der Waals surface area contributed by atoms with E-state index in [1.54, 1.807) is 0 Å². The number of ether oxygens (including phenoxy) is 2. The van der Waals surface area contributed by atoms with Gasteiger partial charge in [0.15, 0.2) is 0 Å². The maximum Gasteiger partial charge on any atom is 0.121 e. The predicted molar refractivity (Wildman–Crippen MR) is 71.2 cm³/mol. The van der Waals surface area contributed by atoms with Crippen molar-refractivity contribution in [3.63, 3.8) is 0 Å². The number of halogens is 2. The fourth-order valence-electron chi connectivity index (χ4n) is 1.75. The molecule has 1 saturated heterocycles. The molecule has 0 spiro atoms. The Labute approximate surface area is 113 Å². The monoisotopic (exact) mass is 348 g/mol. The van der Waals surface area contributed by atoms with Crippen LogP contribution in [-0.2, 0) is 10.1 Å². The highest BCUT2D eigenvalue weighted by Gasteiger charge is 2.15. The minimum atomic E-state index is 0.297. The molecule has 0 aliphatic carbocycles. The second kappa shape index (κ2) is 6.03. The summed E-state index contributed by atoms with van der Waals surface area (Å²) in [4.78, 5) is 0. The van der Waals surface area contributed by atoms with Crippen molar-refractivity contribution in [1.29, 1.82) is 0 Å². The number of alkyl halides is 1. The Morgan fingerprint density at radius 3 is 2.69 bits per heavy atom. The van der Waals surface area contributed by atoms with Crippen LogP contribution in [0.5, 0.6) is 5.75 Å². The first kappa shape index (κ1) is 12.4. The molecule has 1 aromatic rings. The van der Waals surface area contributed by atoms with Crippen LogP contribution in [0.2, 0.25) is 0 Å². The fraction of sp³-hybridized carbons (Fsp3) is 0.500. The fourth-order valence-corrected chi connectivity index (χ4v) is 2.60. The largest absolute Gasteiger partial charge is 0.490 e. The lowest BCUT2D eigenvalue weighted by Gasteiger charge is -2.23. The summed E-state index contributed by atoms with van der Waals surface area (Å²) in [6, 6.07) is 6.18. The normalized spacial score (nSPS) is 17.4. The zero-order valence-electron chi connectivity index (χ0n) is 8.92. The Balaban J connectivity index is 2.04. The predicted octanol–water partition coefficient (Wildman–Crippen LogP) is 3.90. The molecule has 1 aliphatic heterocycles. The number of hydrogen-bond acceptors (Lipinski definition) is 2. The second-order valence-corrected chi connectivity index (χ2v) is 5.33. The van der Waals surface area contributed by atoms with E-state index in [0.29, 0.717) is 6.10 Å². The van der Waals surface area contributed by atoms with E-state index in [4.69, 9.17) is 9.47 Å². The summed E-state index contributed by atoms with van der Waals surface area (Å²) < 4.78 is 12.3. The van der Waals surface area contributed by atoms with Crippen molar-refractivity contribution in [1.82, 2.24) is 0 Å². The summed E-state index contributed by atoms with van der Waals surface area (Å²) in [6.07, 6.45) is 2.26. The van der Waals surface area contributed by atoms with Gasteiger partial charge in [0.25, 0.3) is 0 Å². The molecule has 4 heteroatoms. The van der Waals surface area contributed by atoms with Crippen LogP contribution in [0.1, 0.15) is 18.4 Å². The smallest absolute Gasteiger partial charge is 0.121 e. The quantitative estimate of drug-likeness (QED) is 0.770. The van der Waals surface area contributed by atoms with Gasteiger partial charge in [-0.1, -0.05) is 31.9 Å². The molecule has 0 radical (unpaired) electrons. The van der Waals surface area contributed by atoms with Gasteiger partial charge in [0.05, 0.1) is 13.2 Å². The minimum absolute atomic E-state index is 0.297. The van der Waals surface area contributed by atoms with Crippen LogP contribution in [0, 0.1) is 0 Å². The lowest BCUT2D eigenvalue weighted by Crippen LogP contribution is -2.25. The molecule has 2 nitrogen and oxygen atoms in total. The van der Waals surface area contributed by atoms with E-state index in [2.05, 4.69) is 44.0 Å². The van der Waals surface area contributed by atoms with Gasteiger partial charge in [-0.25, -0.2) is 0 Å². The maximum atomic E-state index is 5.95. The summed E-state index contributed by atoms with van der Waals surface area (Å²) in [7, 11) is 0. The maximum absolute atomic E-state index is 5.95. The molecule has 0 amide bonds. The molecular weight excluding hydrogens is 336 g/mol. The van der Waals surface area contributed by atoms with Crippen LogP contribution in [0.15, 0.2) is 22.7 Å². The first-order chi connectivity index (χ1) is 7.78. The molecule has 0 atom stereocenters. The van der Waals surface area contributed by atoms with Crippen molar-refractivity contribution in [2.75, 3.05) is 13.2 Å². The van der Waals surface area contributed by atoms with Crippen molar-refractivity contribution in [2.24, 2.45) is 0 Å². The van der Waals surface area contributed by atoms with Crippen LogP contribution in [0.4, 0.5) is 0 Å². The van der Waals surface area contributed by atoms with Gasteiger partial charge in [-0.15, -0.1) is 0 Å². The zero-order chi connectivity index (χ0) is 11.4. The third-order valence-electron chi connectivity index (χ3n) is 2.56. The molecule has 0 N–H and O–H groups in total. The second-order valence-electron chi connectivity index (χ2n) is 3.86. The summed E-state index contributed by atoms with van der Waals surface area (Å²) >= 11 is 6.95. The Kier molecular flexibility index (Phi) is 4.67. The Morgan fingerprint density at radius 1 is 1.25 bits per heavy atom. The average molecular weight is 350 g/mol. The number of rotatable bonds is 3. The highest BCUT2D eigenvalue weighted by atomic mass is 79.9. The van der Waals surface area contributed by atoms with Gasteiger partial charge < -0.3 is 9.47 Å². The van der Waals surface area contributed by atoms with Crippen LogP contribution in [0.3, 0.4) is 0 Å². The van der Waals surface area contributed by atoms with Crippen LogP contribution >= 0.6 is 31.9 Å². The Bertz CT molecular complexity index is 349. The standard InChI is InChI=1S/C12H14Br2O2/c13-8-9-5-10(14)7-12(6-9)16-11-1-3-15-4-2-11/h5-7,11H,1-4,8H2. The lowest BCUT2D eigenvalue weighted by molar-refractivity contribution is 0.0255. The molecule has 2 rings (SSSR count). The van der Waals surface area contributed by atoms with Crippen LogP contribution < -0.4 is 4.74 Å². The van der Waals surface area contributed by atoms with E-state index in [1.807, 2.05) is 6.07 Å². The highest BCUT2D eigenvalue weighted by molar-refractivity contribution is 9.10. The summed E-state index contributed by atoms with van der Waals surface area (Å²) in [5.41, 5.74) is 1.22. The molecule has 0 saturated carbocycles. The molecule has 16 heavy (non-hydrogen) atoms. The van der Waals surface area contributed by atoms with Crippen molar-refractivity contribution in [3.8, 4) is 5.75 Å². The Hall–Kier alpha value is -0.0600. The molecule has 88 valence electrons. The van der Waals surface area contributed by atoms with Gasteiger partial charge in [0.1, 0.15) is 11.9 Å². The SMILES string of the molecule is BrCc1cc(Br)cc(OC2CCOCC2)c1. The van der Waals surface area contributed by atoms with Gasteiger partial charge in [-0.2, -0.15) is 0 Å². The van der Waals surface area contributed by atoms with E-state index in [1.165, 1.54) is 5.56 Å². The lowest BCUT2D eigenvalue weighted by atomic mass is 10.1.